The number of rotatable bonds is 8. The smallest absolute Gasteiger partial charge is 0.417 e. The van der Waals surface area contributed by atoms with E-state index in [-0.39, 0.29) is 38.6 Å². The predicted octanol–water partition coefficient (Wildman–Crippen LogP) is 4.93. The Morgan fingerprint density at radius 1 is 0.947 bits per heavy atom. The minimum Gasteiger partial charge on any atom is -0.495 e. The van der Waals surface area contributed by atoms with Gasteiger partial charge in [-0.15, -0.1) is 0 Å². The molecule has 0 atom stereocenters. The maximum Gasteiger partial charge on any atom is 0.417 e. The zero-order valence-electron chi connectivity index (χ0n) is 19.6. The highest BCUT2D eigenvalue weighted by Crippen LogP contribution is 2.39. The van der Waals surface area contributed by atoms with E-state index in [0.717, 1.165) is 24.3 Å². The first-order chi connectivity index (χ1) is 17.6. The van der Waals surface area contributed by atoms with Gasteiger partial charge in [0.05, 0.1) is 19.2 Å². The molecule has 0 bridgehead atoms. The van der Waals surface area contributed by atoms with Crippen LogP contribution < -0.4 is 20.5 Å². The number of primary sulfonamides is 1. The summed E-state index contributed by atoms with van der Waals surface area (Å²) in [5, 5.41) is 9.76. The number of carbonyl (C=O) groups excluding carboxylic acids is 1. The largest absolute Gasteiger partial charge is 0.495 e. The van der Waals surface area contributed by atoms with E-state index >= 15 is 0 Å². The molecule has 4 N–H and O–H groups in total. The molecule has 0 fully saturated rings. The molecule has 0 unspecified atom stereocenters. The molecular formula is C24H21F6N3O4S. The molecule has 0 radical (unpaired) electrons. The summed E-state index contributed by atoms with van der Waals surface area (Å²) in [6.07, 6.45) is -9.28. The van der Waals surface area contributed by atoms with Gasteiger partial charge in [0, 0.05) is 17.8 Å². The number of hydrogen-bond acceptors (Lipinski definition) is 5. The van der Waals surface area contributed by atoms with Crippen LogP contribution in [0.2, 0.25) is 0 Å². The van der Waals surface area contributed by atoms with Crippen molar-refractivity contribution in [2.75, 3.05) is 19.0 Å². The van der Waals surface area contributed by atoms with E-state index < -0.39 is 46.9 Å². The standard InChI is InChI=1S/C24H21F6N3O4S/c1-37-20-11-14(6-9-21(20)38(31,35)36)22(34)33-16-7-8-17(15(10-16)12-32-13-23(25,26)27)18-4-2-3-5-19(18)24(28,29)30/h2-11,32H,12-13H2,1H3,(H,33,34)(H2,31,35,36). The minimum absolute atomic E-state index is 0.0183. The third-order valence-electron chi connectivity index (χ3n) is 5.26. The molecule has 204 valence electrons. The van der Waals surface area contributed by atoms with Crippen molar-refractivity contribution in [3.8, 4) is 16.9 Å². The van der Waals surface area contributed by atoms with Crippen molar-refractivity contribution in [3.05, 3.63) is 77.4 Å². The molecule has 3 aromatic carbocycles. The summed E-state index contributed by atoms with van der Waals surface area (Å²) in [5.41, 5.74) is -1.12. The van der Waals surface area contributed by atoms with E-state index in [1.54, 1.807) is 0 Å². The monoisotopic (exact) mass is 561 g/mol. The van der Waals surface area contributed by atoms with Gasteiger partial charge in [-0.1, -0.05) is 24.3 Å². The number of amides is 1. The number of nitrogens with two attached hydrogens (primary N) is 1. The SMILES string of the molecule is COc1cc(C(=O)Nc2ccc(-c3ccccc3C(F)(F)F)c(CNCC(F)(F)F)c2)ccc1S(N)(=O)=O. The van der Waals surface area contributed by atoms with Crippen molar-refractivity contribution in [3.63, 3.8) is 0 Å². The van der Waals surface area contributed by atoms with E-state index in [1.807, 2.05) is 0 Å². The van der Waals surface area contributed by atoms with E-state index in [1.165, 1.54) is 43.5 Å². The number of anilines is 1. The molecule has 0 aliphatic carbocycles. The number of carbonyl (C=O) groups is 1. The van der Waals surface area contributed by atoms with Crippen molar-refractivity contribution in [2.45, 2.75) is 23.8 Å². The van der Waals surface area contributed by atoms with E-state index in [2.05, 4.69) is 10.6 Å². The van der Waals surface area contributed by atoms with Crippen LogP contribution in [0.3, 0.4) is 0 Å². The van der Waals surface area contributed by atoms with Crippen LogP contribution in [0.1, 0.15) is 21.5 Å². The van der Waals surface area contributed by atoms with Crippen molar-refractivity contribution in [1.29, 1.82) is 0 Å². The molecule has 0 heterocycles. The van der Waals surface area contributed by atoms with Gasteiger partial charge in [0.2, 0.25) is 10.0 Å². The molecule has 1 amide bonds. The lowest BCUT2D eigenvalue weighted by molar-refractivity contribution is -0.137. The first-order valence-corrected chi connectivity index (χ1v) is 12.2. The molecule has 3 aromatic rings. The number of ether oxygens (including phenoxy) is 1. The van der Waals surface area contributed by atoms with Crippen molar-refractivity contribution in [2.24, 2.45) is 5.14 Å². The quantitative estimate of drug-likeness (QED) is 0.338. The van der Waals surface area contributed by atoms with Crippen molar-refractivity contribution in [1.82, 2.24) is 5.32 Å². The fraction of sp³-hybridized carbons (Fsp3) is 0.208. The zero-order valence-corrected chi connectivity index (χ0v) is 20.4. The third kappa shape index (κ3) is 7.24. The van der Waals surface area contributed by atoms with Crippen LogP contribution in [0.25, 0.3) is 11.1 Å². The van der Waals surface area contributed by atoms with E-state index in [0.29, 0.717) is 0 Å². The van der Waals surface area contributed by atoms with Gasteiger partial charge in [-0.2, -0.15) is 26.3 Å². The Hall–Kier alpha value is -3.62. The molecule has 14 heteroatoms. The second-order valence-corrected chi connectivity index (χ2v) is 9.53. The lowest BCUT2D eigenvalue weighted by Crippen LogP contribution is -2.28. The van der Waals surface area contributed by atoms with Gasteiger partial charge in [0.25, 0.3) is 5.91 Å². The fourth-order valence-corrected chi connectivity index (χ4v) is 4.31. The first-order valence-electron chi connectivity index (χ1n) is 10.7. The van der Waals surface area contributed by atoms with Crippen LogP contribution in [0, 0.1) is 0 Å². The molecule has 0 aliphatic rings. The highest BCUT2D eigenvalue weighted by atomic mass is 32.2. The minimum atomic E-state index is -4.72. The van der Waals surface area contributed by atoms with Gasteiger partial charge in [-0.3, -0.25) is 4.79 Å². The summed E-state index contributed by atoms with van der Waals surface area (Å²) >= 11 is 0. The summed E-state index contributed by atoms with van der Waals surface area (Å²) in [7, 11) is -2.97. The third-order valence-corrected chi connectivity index (χ3v) is 6.21. The van der Waals surface area contributed by atoms with Crippen LogP contribution in [0.15, 0.2) is 65.6 Å². The Kier molecular flexibility index (Phi) is 8.39. The highest BCUT2D eigenvalue weighted by Gasteiger charge is 2.34. The number of sulfonamides is 1. The predicted molar refractivity (Wildman–Crippen MR) is 127 cm³/mol. The highest BCUT2D eigenvalue weighted by molar-refractivity contribution is 7.89. The van der Waals surface area contributed by atoms with Crippen molar-refractivity contribution >= 4 is 21.6 Å². The Balaban J connectivity index is 1.99. The van der Waals surface area contributed by atoms with Crippen LogP contribution in [-0.2, 0) is 22.7 Å². The van der Waals surface area contributed by atoms with Gasteiger partial charge < -0.3 is 15.4 Å². The van der Waals surface area contributed by atoms with Crippen LogP contribution in [0.5, 0.6) is 5.75 Å². The average molecular weight is 562 g/mol. The summed E-state index contributed by atoms with van der Waals surface area (Å²) in [6, 6.07) is 11.8. The molecule has 3 rings (SSSR count). The van der Waals surface area contributed by atoms with Gasteiger partial charge in [-0.25, -0.2) is 13.6 Å². The molecule has 38 heavy (non-hydrogen) atoms. The molecule has 0 aromatic heterocycles. The van der Waals surface area contributed by atoms with Gasteiger partial charge in [-0.05, 0) is 53.1 Å². The Morgan fingerprint density at radius 3 is 2.24 bits per heavy atom. The summed E-state index contributed by atoms with van der Waals surface area (Å²) in [4.78, 5) is 12.4. The summed E-state index contributed by atoms with van der Waals surface area (Å²) in [6.45, 7) is -1.85. The molecule has 7 nitrogen and oxygen atoms in total. The number of alkyl halides is 6. The lowest BCUT2D eigenvalue weighted by atomic mass is 9.94. The number of methoxy groups -OCH3 is 1. The number of halogens is 6. The number of nitrogens with one attached hydrogen (secondary N) is 2. The number of benzene rings is 3. The number of hydrogen-bond donors (Lipinski definition) is 3. The van der Waals surface area contributed by atoms with Crippen LogP contribution >= 0.6 is 0 Å². The van der Waals surface area contributed by atoms with Crippen molar-refractivity contribution < 1.29 is 44.3 Å². The van der Waals surface area contributed by atoms with E-state index in [9.17, 15) is 39.6 Å². The normalized spacial score (nSPS) is 12.3. The topological polar surface area (TPSA) is 111 Å². The van der Waals surface area contributed by atoms with Gasteiger partial charge in [0.1, 0.15) is 10.6 Å². The van der Waals surface area contributed by atoms with Gasteiger partial charge in [0.15, 0.2) is 0 Å². The maximum absolute atomic E-state index is 13.6. The van der Waals surface area contributed by atoms with Crippen LogP contribution in [0.4, 0.5) is 32.0 Å². The maximum atomic E-state index is 13.6. The molecule has 0 saturated heterocycles. The molecule has 0 saturated carbocycles. The van der Waals surface area contributed by atoms with Crippen LogP contribution in [-0.4, -0.2) is 34.2 Å². The fourth-order valence-electron chi connectivity index (χ4n) is 3.63. The van der Waals surface area contributed by atoms with E-state index in [4.69, 9.17) is 9.88 Å². The first kappa shape index (κ1) is 28.9. The van der Waals surface area contributed by atoms with Gasteiger partial charge >= 0.3 is 12.4 Å². The Morgan fingerprint density at radius 2 is 1.63 bits per heavy atom. The molecule has 0 aliphatic heterocycles. The summed E-state index contributed by atoms with van der Waals surface area (Å²) < 4.78 is 107. The average Bonchev–Trinajstić information content (AvgIpc) is 2.82. The Labute approximate surface area is 213 Å². The second-order valence-electron chi connectivity index (χ2n) is 8.00. The molecule has 0 spiro atoms. The summed E-state index contributed by atoms with van der Waals surface area (Å²) in [5.74, 6) is -0.946. The zero-order chi connectivity index (χ0) is 28.3. The Bertz CT molecular complexity index is 1440. The lowest BCUT2D eigenvalue weighted by Gasteiger charge is -2.18. The second kappa shape index (κ2) is 11.0. The molecular weight excluding hydrogens is 540 g/mol.